The van der Waals surface area contributed by atoms with Crippen molar-refractivity contribution in [2.45, 2.75) is 57.5 Å². The van der Waals surface area contributed by atoms with Gasteiger partial charge in [-0.1, -0.05) is 13.3 Å². The third-order valence-electron chi connectivity index (χ3n) is 4.56. The van der Waals surface area contributed by atoms with Crippen LogP contribution in [0.15, 0.2) is 0 Å². The number of rotatable bonds is 4. The Labute approximate surface area is 106 Å². The monoisotopic (exact) mass is 239 g/mol. The highest BCUT2D eigenvalue weighted by molar-refractivity contribution is 4.81. The van der Waals surface area contributed by atoms with Gasteiger partial charge in [0.2, 0.25) is 0 Å². The topological polar surface area (TPSA) is 41.3 Å². The summed E-state index contributed by atoms with van der Waals surface area (Å²) in [6.07, 6.45) is 7.81. The molecule has 0 aromatic carbocycles. The van der Waals surface area contributed by atoms with Gasteiger partial charge in [-0.2, -0.15) is 0 Å². The molecule has 1 aliphatic carbocycles. The molecule has 2 unspecified atom stereocenters. The van der Waals surface area contributed by atoms with Crippen LogP contribution in [0, 0.1) is 5.92 Å². The normalized spacial score (nSPS) is 32.8. The highest BCUT2D eigenvalue weighted by Gasteiger charge is 2.22. The number of piperidine rings is 1. The van der Waals surface area contributed by atoms with Crippen LogP contribution in [0.1, 0.15) is 45.4 Å². The van der Waals surface area contributed by atoms with Crippen LogP contribution < -0.4 is 11.1 Å². The first-order chi connectivity index (χ1) is 8.28. The average Bonchev–Trinajstić information content (AvgIpc) is 2.37. The van der Waals surface area contributed by atoms with E-state index < -0.39 is 0 Å². The summed E-state index contributed by atoms with van der Waals surface area (Å²) < 4.78 is 0. The summed E-state index contributed by atoms with van der Waals surface area (Å²) in [7, 11) is 0. The van der Waals surface area contributed by atoms with E-state index >= 15 is 0 Å². The molecule has 3 heteroatoms. The van der Waals surface area contributed by atoms with Gasteiger partial charge in [0, 0.05) is 12.1 Å². The Hall–Kier alpha value is -0.120. The van der Waals surface area contributed by atoms with Crippen molar-refractivity contribution in [2.24, 2.45) is 11.7 Å². The number of hydrogen-bond donors (Lipinski definition) is 2. The molecule has 0 aromatic rings. The smallest absolute Gasteiger partial charge is 0.00819 e. The molecule has 0 radical (unpaired) electrons. The van der Waals surface area contributed by atoms with Gasteiger partial charge in [0.15, 0.2) is 0 Å². The quantitative estimate of drug-likeness (QED) is 0.782. The standard InChI is InChI=1S/C14H29N3/c1-2-17-8-6-12(7-9-17)11-16-14-5-3-4-13(15)10-14/h12-14,16H,2-11,15H2,1H3. The van der Waals surface area contributed by atoms with Crippen LogP contribution in [0.2, 0.25) is 0 Å². The molecular weight excluding hydrogens is 210 g/mol. The molecule has 2 fully saturated rings. The first-order valence-electron chi connectivity index (χ1n) is 7.49. The van der Waals surface area contributed by atoms with E-state index in [1.165, 1.54) is 64.7 Å². The zero-order valence-electron chi connectivity index (χ0n) is 11.3. The molecule has 0 bridgehead atoms. The number of nitrogens with two attached hydrogens (primary N) is 1. The fourth-order valence-corrected chi connectivity index (χ4v) is 3.25. The molecule has 0 spiro atoms. The van der Waals surface area contributed by atoms with E-state index in [-0.39, 0.29) is 0 Å². The summed E-state index contributed by atoms with van der Waals surface area (Å²) in [5.41, 5.74) is 6.02. The largest absolute Gasteiger partial charge is 0.328 e. The molecule has 1 heterocycles. The maximum atomic E-state index is 6.02. The van der Waals surface area contributed by atoms with E-state index in [1.807, 2.05) is 0 Å². The summed E-state index contributed by atoms with van der Waals surface area (Å²) in [5, 5.41) is 3.76. The minimum absolute atomic E-state index is 0.447. The predicted molar refractivity (Wildman–Crippen MR) is 73.1 cm³/mol. The minimum Gasteiger partial charge on any atom is -0.328 e. The van der Waals surface area contributed by atoms with Crippen molar-refractivity contribution in [3.63, 3.8) is 0 Å². The number of likely N-dealkylation sites (tertiary alicyclic amines) is 1. The lowest BCUT2D eigenvalue weighted by atomic mass is 9.90. The Balaban J connectivity index is 1.62. The predicted octanol–water partition coefficient (Wildman–Crippen LogP) is 1.58. The fraction of sp³-hybridized carbons (Fsp3) is 1.00. The van der Waals surface area contributed by atoms with Gasteiger partial charge in [-0.05, 0) is 64.2 Å². The van der Waals surface area contributed by atoms with Gasteiger partial charge < -0.3 is 16.0 Å². The van der Waals surface area contributed by atoms with Gasteiger partial charge in [0.05, 0.1) is 0 Å². The molecule has 3 N–H and O–H groups in total. The molecular formula is C14H29N3. The van der Waals surface area contributed by atoms with Gasteiger partial charge in [-0.3, -0.25) is 0 Å². The van der Waals surface area contributed by atoms with Crippen molar-refractivity contribution in [1.29, 1.82) is 0 Å². The highest BCUT2D eigenvalue weighted by atomic mass is 15.1. The van der Waals surface area contributed by atoms with Crippen molar-refractivity contribution in [1.82, 2.24) is 10.2 Å². The lowest BCUT2D eigenvalue weighted by Crippen LogP contribution is -2.43. The van der Waals surface area contributed by atoms with Crippen LogP contribution in [0.3, 0.4) is 0 Å². The van der Waals surface area contributed by atoms with Crippen LogP contribution in [0.25, 0.3) is 0 Å². The second kappa shape index (κ2) is 6.72. The summed E-state index contributed by atoms with van der Waals surface area (Å²) in [6, 6.07) is 1.14. The molecule has 100 valence electrons. The Morgan fingerprint density at radius 3 is 2.59 bits per heavy atom. The van der Waals surface area contributed by atoms with Crippen molar-refractivity contribution >= 4 is 0 Å². The maximum Gasteiger partial charge on any atom is 0.00819 e. The van der Waals surface area contributed by atoms with Crippen molar-refractivity contribution < 1.29 is 0 Å². The zero-order chi connectivity index (χ0) is 12.1. The molecule has 0 aromatic heterocycles. The van der Waals surface area contributed by atoms with Crippen LogP contribution in [-0.2, 0) is 0 Å². The molecule has 1 saturated heterocycles. The van der Waals surface area contributed by atoms with Gasteiger partial charge in [0.25, 0.3) is 0 Å². The summed E-state index contributed by atoms with van der Waals surface area (Å²) in [4.78, 5) is 2.56. The van der Waals surface area contributed by atoms with Crippen molar-refractivity contribution in [3.8, 4) is 0 Å². The minimum atomic E-state index is 0.447. The Morgan fingerprint density at radius 1 is 1.18 bits per heavy atom. The summed E-state index contributed by atoms with van der Waals surface area (Å²) in [6.45, 7) is 7.30. The Kier molecular flexibility index (Phi) is 5.26. The second-order valence-electron chi connectivity index (χ2n) is 5.91. The number of nitrogens with zero attached hydrogens (tertiary/aromatic N) is 1. The van der Waals surface area contributed by atoms with E-state index in [9.17, 15) is 0 Å². The maximum absolute atomic E-state index is 6.02. The van der Waals surface area contributed by atoms with E-state index in [1.54, 1.807) is 0 Å². The first-order valence-corrected chi connectivity index (χ1v) is 7.49. The number of hydrogen-bond acceptors (Lipinski definition) is 3. The van der Waals surface area contributed by atoms with Gasteiger partial charge >= 0.3 is 0 Å². The van der Waals surface area contributed by atoms with Crippen LogP contribution in [0.4, 0.5) is 0 Å². The fourth-order valence-electron chi connectivity index (χ4n) is 3.25. The molecule has 0 amide bonds. The van der Waals surface area contributed by atoms with E-state index in [2.05, 4.69) is 17.1 Å². The van der Waals surface area contributed by atoms with E-state index in [0.29, 0.717) is 12.1 Å². The summed E-state index contributed by atoms with van der Waals surface area (Å²) in [5.74, 6) is 0.899. The van der Waals surface area contributed by atoms with Crippen molar-refractivity contribution in [2.75, 3.05) is 26.2 Å². The van der Waals surface area contributed by atoms with E-state index in [0.717, 1.165) is 5.92 Å². The molecule has 1 aliphatic heterocycles. The molecule has 3 nitrogen and oxygen atoms in total. The zero-order valence-corrected chi connectivity index (χ0v) is 11.3. The molecule has 2 aliphatic rings. The summed E-state index contributed by atoms with van der Waals surface area (Å²) >= 11 is 0. The lowest BCUT2D eigenvalue weighted by Gasteiger charge is -2.33. The van der Waals surface area contributed by atoms with Crippen molar-refractivity contribution in [3.05, 3.63) is 0 Å². The van der Waals surface area contributed by atoms with Crippen LogP contribution >= 0.6 is 0 Å². The van der Waals surface area contributed by atoms with Crippen LogP contribution in [0.5, 0.6) is 0 Å². The second-order valence-corrected chi connectivity index (χ2v) is 5.91. The number of nitrogens with one attached hydrogen (secondary N) is 1. The van der Waals surface area contributed by atoms with Gasteiger partial charge in [-0.25, -0.2) is 0 Å². The molecule has 1 saturated carbocycles. The Bertz CT molecular complexity index is 212. The Morgan fingerprint density at radius 2 is 1.94 bits per heavy atom. The van der Waals surface area contributed by atoms with Gasteiger partial charge in [-0.15, -0.1) is 0 Å². The molecule has 2 atom stereocenters. The SMILES string of the molecule is CCN1CCC(CNC2CCCC(N)C2)CC1. The molecule has 2 rings (SSSR count). The average molecular weight is 239 g/mol. The third kappa shape index (κ3) is 4.23. The van der Waals surface area contributed by atoms with Gasteiger partial charge in [0.1, 0.15) is 0 Å². The molecule has 17 heavy (non-hydrogen) atoms. The highest BCUT2D eigenvalue weighted by Crippen LogP contribution is 2.19. The van der Waals surface area contributed by atoms with Crippen LogP contribution in [-0.4, -0.2) is 43.2 Å². The lowest BCUT2D eigenvalue weighted by molar-refractivity contribution is 0.184. The first kappa shape index (κ1) is 13.3. The van der Waals surface area contributed by atoms with E-state index in [4.69, 9.17) is 5.73 Å². The third-order valence-corrected chi connectivity index (χ3v) is 4.56.